The van der Waals surface area contributed by atoms with Gasteiger partial charge in [-0.3, -0.25) is 4.79 Å². The summed E-state index contributed by atoms with van der Waals surface area (Å²) in [5, 5.41) is 12.3. The van der Waals surface area contributed by atoms with Gasteiger partial charge in [0.2, 0.25) is 5.91 Å². The Labute approximate surface area is 154 Å². The molecule has 1 saturated heterocycles. The van der Waals surface area contributed by atoms with Crippen LogP contribution in [-0.4, -0.2) is 29.2 Å². The first-order valence-corrected chi connectivity index (χ1v) is 8.52. The minimum atomic E-state index is -1.08. The second-order valence-electron chi connectivity index (χ2n) is 6.04. The van der Waals surface area contributed by atoms with Crippen LogP contribution in [-0.2, 0) is 14.3 Å². The number of carbonyl (C=O) groups is 2. The lowest BCUT2D eigenvalue weighted by Crippen LogP contribution is -2.38. The number of hydrogen-bond acceptors (Lipinski definition) is 3. The van der Waals surface area contributed by atoms with Gasteiger partial charge in [-0.15, -0.1) is 0 Å². The van der Waals surface area contributed by atoms with Crippen LogP contribution in [0.1, 0.15) is 30.0 Å². The lowest BCUT2D eigenvalue weighted by atomic mass is 9.98. The molecule has 2 aromatic rings. The van der Waals surface area contributed by atoms with Crippen LogP contribution in [0.2, 0.25) is 5.02 Å². The summed E-state index contributed by atoms with van der Waals surface area (Å²) >= 11 is 6.27. The Morgan fingerprint density at radius 3 is 2.38 bits per heavy atom. The topological polar surface area (TPSA) is 75.6 Å². The second-order valence-corrected chi connectivity index (χ2v) is 6.45. The van der Waals surface area contributed by atoms with Gasteiger partial charge in [-0.05, 0) is 42.2 Å². The average Bonchev–Trinajstić information content (AvgIpc) is 3.12. The van der Waals surface area contributed by atoms with E-state index in [1.807, 2.05) is 0 Å². The van der Waals surface area contributed by atoms with Crippen molar-refractivity contribution >= 4 is 23.5 Å². The third kappa shape index (κ3) is 4.03. The summed E-state index contributed by atoms with van der Waals surface area (Å²) in [5.74, 6) is -1.90. The number of benzene rings is 2. The maximum absolute atomic E-state index is 13.3. The Morgan fingerprint density at radius 1 is 1.12 bits per heavy atom. The molecule has 1 fully saturated rings. The van der Waals surface area contributed by atoms with Gasteiger partial charge in [-0.25, -0.2) is 9.18 Å². The van der Waals surface area contributed by atoms with Gasteiger partial charge >= 0.3 is 5.97 Å². The molecular formula is C19H17ClFNO4. The number of halogens is 2. The summed E-state index contributed by atoms with van der Waals surface area (Å²) in [4.78, 5) is 23.6. The quantitative estimate of drug-likeness (QED) is 0.838. The minimum Gasteiger partial charge on any atom is -0.479 e. The number of nitrogens with one attached hydrogen (secondary N) is 1. The van der Waals surface area contributed by atoms with Crippen LogP contribution >= 0.6 is 11.6 Å². The van der Waals surface area contributed by atoms with Crippen LogP contribution in [0.25, 0.3) is 0 Å². The van der Waals surface area contributed by atoms with Crippen LogP contribution in [0.5, 0.6) is 0 Å². The second kappa shape index (κ2) is 7.85. The monoisotopic (exact) mass is 377 g/mol. The van der Waals surface area contributed by atoms with Crippen molar-refractivity contribution < 1.29 is 23.8 Å². The van der Waals surface area contributed by atoms with Gasteiger partial charge in [0.1, 0.15) is 11.9 Å². The van der Waals surface area contributed by atoms with E-state index >= 15 is 0 Å². The van der Waals surface area contributed by atoms with Gasteiger partial charge in [0.25, 0.3) is 0 Å². The molecule has 1 unspecified atom stereocenters. The summed E-state index contributed by atoms with van der Waals surface area (Å²) in [6.07, 6.45) is -1.22. The number of ether oxygens (including phenoxy) is 1. The van der Waals surface area contributed by atoms with E-state index in [4.69, 9.17) is 21.4 Å². The van der Waals surface area contributed by atoms with Crippen LogP contribution in [0.4, 0.5) is 4.39 Å². The smallest absolute Gasteiger partial charge is 0.332 e. The summed E-state index contributed by atoms with van der Waals surface area (Å²) in [6, 6.07) is 12.2. The summed E-state index contributed by atoms with van der Waals surface area (Å²) in [5.41, 5.74) is 1.31. The number of aliphatic carboxylic acids is 1. The zero-order valence-corrected chi connectivity index (χ0v) is 14.4. The van der Waals surface area contributed by atoms with Gasteiger partial charge in [-0.1, -0.05) is 41.9 Å². The molecule has 7 heteroatoms. The first-order valence-electron chi connectivity index (χ1n) is 8.14. The molecule has 0 radical (unpaired) electrons. The van der Waals surface area contributed by atoms with E-state index in [2.05, 4.69) is 5.32 Å². The third-order valence-corrected chi connectivity index (χ3v) is 4.64. The molecule has 1 amide bonds. The predicted molar refractivity (Wildman–Crippen MR) is 93.4 cm³/mol. The average molecular weight is 378 g/mol. The van der Waals surface area contributed by atoms with Gasteiger partial charge < -0.3 is 15.2 Å². The Kier molecular flexibility index (Phi) is 5.54. The fourth-order valence-corrected chi connectivity index (χ4v) is 3.20. The molecule has 3 rings (SSSR count). The van der Waals surface area contributed by atoms with E-state index in [0.29, 0.717) is 22.6 Å². The van der Waals surface area contributed by atoms with E-state index in [1.165, 1.54) is 12.1 Å². The molecule has 2 N–H and O–H groups in total. The van der Waals surface area contributed by atoms with Crippen LogP contribution in [0.3, 0.4) is 0 Å². The van der Waals surface area contributed by atoms with Crippen molar-refractivity contribution in [2.75, 3.05) is 0 Å². The van der Waals surface area contributed by atoms with Gasteiger partial charge in [0.15, 0.2) is 6.10 Å². The van der Waals surface area contributed by atoms with E-state index in [0.717, 1.165) is 0 Å². The van der Waals surface area contributed by atoms with Gasteiger partial charge in [-0.2, -0.15) is 0 Å². The molecule has 0 spiro atoms. The molecule has 1 aliphatic rings. The van der Waals surface area contributed by atoms with Gasteiger partial charge in [0.05, 0.1) is 6.04 Å². The highest BCUT2D eigenvalue weighted by molar-refractivity contribution is 6.31. The minimum absolute atomic E-state index is 0.279. The van der Waals surface area contributed by atoms with E-state index in [9.17, 15) is 14.0 Å². The maximum Gasteiger partial charge on any atom is 0.332 e. The normalized spacial score (nSPS) is 20.5. The van der Waals surface area contributed by atoms with Crippen LogP contribution < -0.4 is 5.32 Å². The molecular weight excluding hydrogens is 361 g/mol. The zero-order chi connectivity index (χ0) is 18.7. The maximum atomic E-state index is 13.3. The lowest BCUT2D eigenvalue weighted by Gasteiger charge is -2.23. The van der Waals surface area contributed by atoms with Gasteiger partial charge in [0, 0.05) is 5.02 Å². The first kappa shape index (κ1) is 18.4. The Balaban J connectivity index is 1.85. The molecule has 2 aromatic carbocycles. The Morgan fingerprint density at radius 2 is 1.77 bits per heavy atom. The van der Waals surface area contributed by atoms with E-state index in [1.54, 1.807) is 36.4 Å². The number of amides is 1. The largest absolute Gasteiger partial charge is 0.479 e. The zero-order valence-electron chi connectivity index (χ0n) is 13.7. The molecule has 1 aliphatic heterocycles. The fourth-order valence-electron chi connectivity index (χ4n) is 2.95. The summed E-state index contributed by atoms with van der Waals surface area (Å²) in [7, 11) is 0. The highest BCUT2D eigenvalue weighted by Gasteiger charge is 2.35. The van der Waals surface area contributed by atoms with Crippen molar-refractivity contribution in [1.82, 2.24) is 5.32 Å². The molecule has 0 bridgehead atoms. The highest BCUT2D eigenvalue weighted by atomic mass is 35.5. The summed E-state index contributed by atoms with van der Waals surface area (Å²) < 4.78 is 18.6. The van der Waals surface area contributed by atoms with Crippen molar-refractivity contribution in [2.24, 2.45) is 0 Å². The predicted octanol–water partition coefficient (Wildman–Crippen LogP) is 3.32. The number of carbonyl (C=O) groups excluding carboxylic acids is 1. The molecule has 0 saturated carbocycles. The molecule has 1 heterocycles. The number of hydrogen-bond donors (Lipinski definition) is 2. The standard InChI is InChI=1S/C19H17ClFNO4/c20-14-4-2-1-3-13(14)17(11-5-7-12(21)8-6-11)22-18(23)15-9-10-16(26-15)19(24)25/h1-8,15-17H,9-10H2,(H,22,23)(H,24,25)/t15-,16+,17?/m0/s1. The fraction of sp³-hybridized carbons (Fsp3) is 0.263. The Bertz CT molecular complexity index is 811. The number of carboxylic acids is 1. The van der Waals surface area contributed by atoms with Crippen molar-refractivity contribution in [3.8, 4) is 0 Å². The van der Waals surface area contributed by atoms with Crippen molar-refractivity contribution in [2.45, 2.75) is 31.1 Å². The molecule has 0 aromatic heterocycles. The molecule has 136 valence electrons. The van der Waals surface area contributed by atoms with Crippen LogP contribution in [0.15, 0.2) is 48.5 Å². The molecule has 26 heavy (non-hydrogen) atoms. The molecule has 5 nitrogen and oxygen atoms in total. The highest BCUT2D eigenvalue weighted by Crippen LogP contribution is 2.29. The number of carboxylic acid groups (broad SMARTS) is 1. The van der Waals surface area contributed by atoms with Crippen molar-refractivity contribution in [3.63, 3.8) is 0 Å². The van der Waals surface area contributed by atoms with E-state index in [-0.39, 0.29) is 12.2 Å². The van der Waals surface area contributed by atoms with Crippen molar-refractivity contribution in [1.29, 1.82) is 0 Å². The van der Waals surface area contributed by atoms with Crippen LogP contribution in [0, 0.1) is 5.82 Å². The third-order valence-electron chi connectivity index (χ3n) is 4.29. The molecule has 0 aliphatic carbocycles. The van der Waals surface area contributed by atoms with Crippen molar-refractivity contribution in [3.05, 3.63) is 70.5 Å². The Hall–Kier alpha value is -2.44. The summed E-state index contributed by atoms with van der Waals surface area (Å²) in [6.45, 7) is 0. The lowest BCUT2D eigenvalue weighted by molar-refractivity contribution is -0.151. The van der Waals surface area contributed by atoms with E-state index < -0.39 is 30.1 Å². The SMILES string of the molecule is O=C(NC(c1ccc(F)cc1)c1ccccc1Cl)[C@@H]1CC[C@H](C(=O)O)O1. The first-order chi connectivity index (χ1) is 12.5. The molecule has 3 atom stereocenters. The number of rotatable bonds is 5.